The van der Waals surface area contributed by atoms with Crippen molar-refractivity contribution in [1.82, 2.24) is 0 Å². The molecule has 0 atom stereocenters. The molecule has 0 aromatic rings. The average molecular weight is 194 g/mol. The lowest BCUT2D eigenvalue weighted by atomic mass is 9.93. The first-order valence-electron chi connectivity index (χ1n) is 6.23. The molecule has 0 heterocycles. The fourth-order valence-electron chi connectivity index (χ4n) is 2.80. The molecule has 0 aromatic heterocycles. The van der Waals surface area contributed by atoms with E-state index in [0.29, 0.717) is 6.04 Å². The molecule has 0 unspecified atom stereocenters. The molecule has 2 heteroatoms. The molecule has 2 saturated carbocycles. The van der Waals surface area contributed by atoms with Crippen LogP contribution in [0.2, 0.25) is 0 Å². The highest BCUT2D eigenvalue weighted by atomic mass is 15.3. The van der Waals surface area contributed by atoms with Crippen LogP contribution in [0.5, 0.6) is 0 Å². The second kappa shape index (κ2) is 4.81. The molecule has 0 radical (unpaired) electrons. The van der Waals surface area contributed by atoms with E-state index in [2.05, 4.69) is 0 Å². The summed E-state index contributed by atoms with van der Waals surface area (Å²) in [6.07, 6.45) is 13.0. The van der Waals surface area contributed by atoms with Gasteiger partial charge >= 0.3 is 0 Å². The molecule has 2 fully saturated rings. The number of nitrogens with zero attached hydrogens (tertiary/aromatic N) is 1. The fourth-order valence-corrected chi connectivity index (χ4v) is 2.80. The number of nitrogens with one attached hydrogen (secondary N) is 1. The second-order valence-electron chi connectivity index (χ2n) is 4.79. The summed E-state index contributed by atoms with van der Waals surface area (Å²) >= 11 is 0. The van der Waals surface area contributed by atoms with Crippen molar-refractivity contribution in [2.24, 2.45) is 0 Å². The number of hydrogen-bond donors (Lipinski definition) is 0. The van der Waals surface area contributed by atoms with Crippen molar-refractivity contribution in [2.45, 2.75) is 70.3 Å². The molecule has 80 valence electrons. The molecule has 2 aliphatic carbocycles. The smallest absolute Gasteiger partial charge is 0.147 e. The van der Waals surface area contributed by atoms with E-state index in [-0.39, 0.29) is 0 Å². The minimum Gasteiger partial charge on any atom is -0.454 e. The van der Waals surface area contributed by atoms with Gasteiger partial charge in [-0.25, -0.2) is 0 Å². The topological polar surface area (TPSA) is 26.8 Å². The summed E-state index contributed by atoms with van der Waals surface area (Å²) in [7, 11) is 0. The predicted molar refractivity (Wildman–Crippen MR) is 59.5 cm³/mol. The zero-order valence-electron chi connectivity index (χ0n) is 9.10. The third-order valence-electron chi connectivity index (χ3n) is 3.71. The summed E-state index contributed by atoms with van der Waals surface area (Å²) in [5, 5.41) is 0. The van der Waals surface area contributed by atoms with Crippen molar-refractivity contribution in [2.75, 3.05) is 0 Å². The Kier molecular flexibility index (Phi) is 3.44. The van der Waals surface area contributed by atoms with E-state index < -0.39 is 0 Å². The van der Waals surface area contributed by atoms with E-state index in [4.69, 9.17) is 5.84 Å². The van der Waals surface area contributed by atoms with Crippen LogP contribution in [-0.2, 0) is 0 Å². The normalized spacial score (nSPS) is 25.0. The summed E-state index contributed by atoms with van der Waals surface area (Å²) in [6.45, 7) is 0. The molecule has 0 aliphatic heterocycles. The van der Waals surface area contributed by atoms with Crippen molar-refractivity contribution in [3.8, 4) is 0 Å². The van der Waals surface area contributed by atoms with E-state index in [0.717, 1.165) is 0 Å². The summed E-state index contributed by atoms with van der Waals surface area (Å²) in [6, 6.07) is 0.553. The van der Waals surface area contributed by atoms with Crippen molar-refractivity contribution in [1.29, 1.82) is 0 Å². The molecule has 2 rings (SSSR count). The number of hydrogen-bond acceptors (Lipinski definition) is 0. The minimum atomic E-state index is 0.553. The Morgan fingerprint density at radius 1 is 0.857 bits per heavy atom. The summed E-state index contributed by atoms with van der Waals surface area (Å²) in [4.78, 5) is 0. The van der Waals surface area contributed by atoms with Crippen LogP contribution in [0.1, 0.15) is 64.2 Å². The fraction of sp³-hybridized carbons (Fsp3) is 0.917. The predicted octanol–water partition coefficient (Wildman–Crippen LogP) is 3.70. The zero-order valence-corrected chi connectivity index (χ0v) is 9.10. The van der Waals surface area contributed by atoms with Crippen molar-refractivity contribution < 1.29 is 4.68 Å². The van der Waals surface area contributed by atoms with Gasteiger partial charge in [-0.1, -0.05) is 12.8 Å². The van der Waals surface area contributed by atoms with Gasteiger partial charge in [-0.05, 0) is 25.7 Å². The van der Waals surface area contributed by atoms with Crippen LogP contribution >= 0.6 is 0 Å². The maximum absolute atomic E-state index is 8.16. The van der Waals surface area contributed by atoms with Gasteiger partial charge in [0.25, 0.3) is 0 Å². The van der Waals surface area contributed by atoms with Crippen LogP contribution < -0.4 is 0 Å². The Labute approximate surface area is 87.2 Å². The van der Waals surface area contributed by atoms with Crippen LogP contribution in [0.25, 0.3) is 5.84 Å². The first kappa shape index (κ1) is 10.0. The molecule has 0 amide bonds. The van der Waals surface area contributed by atoms with Gasteiger partial charge in [-0.3, -0.25) is 4.68 Å². The monoisotopic (exact) mass is 194 g/mol. The molecule has 0 bridgehead atoms. The van der Waals surface area contributed by atoms with E-state index in [1.54, 1.807) is 0 Å². The molecule has 0 aromatic carbocycles. The largest absolute Gasteiger partial charge is 0.454 e. The van der Waals surface area contributed by atoms with Gasteiger partial charge in [0.15, 0.2) is 0 Å². The Bertz CT molecular complexity index is 206. The van der Waals surface area contributed by atoms with E-state index in [1.807, 2.05) is 4.68 Å². The molecular weight excluding hydrogens is 172 g/mol. The Morgan fingerprint density at radius 3 is 2.07 bits per heavy atom. The van der Waals surface area contributed by atoms with E-state index >= 15 is 0 Å². The standard InChI is InChI=1S/C12H22N2/c13-14(11-7-3-1-4-8-11)12-9-5-2-6-10-12/h11,13H,1-10H2. The Balaban J connectivity index is 1.99. The van der Waals surface area contributed by atoms with Crippen molar-refractivity contribution >= 4 is 5.71 Å². The van der Waals surface area contributed by atoms with Gasteiger partial charge in [-0.2, -0.15) is 0 Å². The second-order valence-corrected chi connectivity index (χ2v) is 4.79. The highest BCUT2D eigenvalue weighted by Crippen LogP contribution is 2.23. The SMILES string of the molecule is [NH-][N+](=C1CCCCC1)C1CCCCC1. The number of rotatable bonds is 1. The third-order valence-corrected chi connectivity index (χ3v) is 3.71. The third kappa shape index (κ3) is 2.28. The molecule has 0 saturated heterocycles. The Morgan fingerprint density at radius 2 is 1.43 bits per heavy atom. The highest BCUT2D eigenvalue weighted by molar-refractivity contribution is 5.80. The quantitative estimate of drug-likeness (QED) is 0.449. The summed E-state index contributed by atoms with van der Waals surface area (Å²) < 4.78 is 1.89. The molecule has 1 N–H and O–H groups in total. The highest BCUT2D eigenvalue weighted by Gasteiger charge is 2.22. The Hall–Kier alpha value is -0.530. The molecule has 2 nitrogen and oxygen atoms in total. The van der Waals surface area contributed by atoms with Crippen LogP contribution in [0, 0.1) is 0 Å². The lowest BCUT2D eigenvalue weighted by Crippen LogP contribution is -2.29. The molecule has 2 aliphatic rings. The lowest BCUT2D eigenvalue weighted by Gasteiger charge is -2.25. The van der Waals surface area contributed by atoms with Gasteiger partial charge in [0.1, 0.15) is 11.8 Å². The molecule has 14 heavy (non-hydrogen) atoms. The van der Waals surface area contributed by atoms with Gasteiger partial charge in [0, 0.05) is 25.7 Å². The summed E-state index contributed by atoms with van der Waals surface area (Å²) in [5.74, 6) is 8.16. The van der Waals surface area contributed by atoms with Crippen LogP contribution in [0.3, 0.4) is 0 Å². The van der Waals surface area contributed by atoms with Gasteiger partial charge < -0.3 is 5.84 Å². The van der Waals surface area contributed by atoms with Gasteiger partial charge in [-0.15, -0.1) is 0 Å². The first-order valence-corrected chi connectivity index (χ1v) is 6.23. The minimum absolute atomic E-state index is 0.553. The van der Waals surface area contributed by atoms with E-state index in [9.17, 15) is 0 Å². The zero-order chi connectivity index (χ0) is 9.80. The lowest BCUT2D eigenvalue weighted by molar-refractivity contribution is -0.508. The van der Waals surface area contributed by atoms with Crippen molar-refractivity contribution in [3.63, 3.8) is 0 Å². The van der Waals surface area contributed by atoms with Crippen LogP contribution in [0.15, 0.2) is 0 Å². The van der Waals surface area contributed by atoms with E-state index in [1.165, 1.54) is 69.9 Å². The summed E-state index contributed by atoms with van der Waals surface area (Å²) in [5.41, 5.74) is 1.42. The maximum Gasteiger partial charge on any atom is 0.147 e. The van der Waals surface area contributed by atoms with Crippen LogP contribution in [0.4, 0.5) is 0 Å². The molecule has 0 spiro atoms. The van der Waals surface area contributed by atoms with Crippen molar-refractivity contribution in [3.05, 3.63) is 5.84 Å². The first-order chi connectivity index (χ1) is 6.88. The van der Waals surface area contributed by atoms with Crippen LogP contribution in [-0.4, -0.2) is 16.4 Å². The molecular formula is C12H22N2. The maximum atomic E-state index is 8.16. The average Bonchev–Trinajstić information content (AvgIpc) is 2.30. The van der Waals surface area contributed by atoms with Gasteiger partial charge in [0.2, 0.25) is 0 Å². The van der Waals surface area contributed by atoms with Gasteiger partial charge in [0.05, 0.1) is 0 Å².